The summed E-state index contributed by atoms with van der Waals surface area (Å²) in [5.74, 6) is 1.15. The van der Waals surface area contributed by atoms with Gasteiger partial charge in [0.1, 0.15) is 11.4 Å². The fourth-order valence-corrected chi connectivity index (χ4v) is 5.83. The molecule has 0 radical (unpaired) electrons. The molecule has 0 bridgehead atoms. The van der Waals surface area contributed by atoms with Gasteiger partial charge < -0.3 is 24.6 Å². The van der Waals surface area contributed by atoms with Gasteiger partial charge in [0.05, 0.1) is 11.7 Å². The number of amides is 1. The Hall–Kier alpha value is -4.21. The van der Waals surface area contributed by atoms with E-state index in [2.05, 4.69) is 32.0 Å². The molecule has 1 fully saturated rings. The number of likely N-dealkylation sites (tertiary alicyclic amines) is 1. The van der Waals surface area contributed by atoms with E-state index in [1.165, 1.54) is 0 Å². The topological polar surface area (TPSA) is 120 Å². The minimum Gasteiger partial charge on any atom is -0.507 e. The number of anilines is 1. The molecule has 2 N–H and O–H groups in total. The number of aromatic hydroxyl groups is 1. The Balaban J connectivity index is 1.23. The van der Waals surface area contributed by atoms with Gasteiger partial charge >= 0.3 is 6.09 Å². The largest absolute Gasteiger partial charge is 0.507 e. The zero-order valence-electron chi connectivity index (χ0n) is 23.4. The van der Waals surface area contributed by atoms with E-state index in [1.54, 1.807) is 17.0 Å². The molecular formula is C30H35N7O3. The SMILES string of the molecule is CC1c2c([nH]c3nnc(-c4ccccc4O)cc23)CCN1c1nccc(C2CCN(C(=O)OC(C)(C)C)CC2)n1. The van der Waals surface area contributed by atoms with Crippen LogP contribution < -0.4 is 4.90 Å². The lowest BCUT2D eigenvalue weighted by atomic mass is 9.93. The maximum absolute atomic E-state index is 12.5. The van der Waals surface area contributed by atoms with Crippen LogP contribution in [0.4, 0.5) is 10.7 Å². The highest BCUT2D eigenvalue weighted by atomic mass is 16.6. The molecule has 10 heteroatoms. The zero-order valence-corrected chi connectivity index (χ0v) is 23.4. The maximum Gasteiger partial charge on any atom is 0.410 e. The van der Waals surface area contributed by atoms with Gasteiger partial charge in [-0.15, -0.1) is 10.2 Å². The fraction of sp³-hybridized carbons (Fsp3) is 0.433. The molecular weight excluding hydrogens is 506 g/mol. The van der Waals surface area contributed by atoms with Gasteiger partial charge in [-0.05, 0) is 64.8 Å². The quantitative estimate of drug-likeness (QED) is 0.356. The van der Waals surface area contributed by atoms with E-state index in [1.807, 2.05) is 51.2 Å². The summed E-state index contributed by atoms with van der Waals surface area (Å²) < 4.78 is 5.55. The highest BCUT2D eigenvalue weighted by molar-refractivity contribution is 5.86. The number of nitrogens with zero attached hydrogens (tertiary/aromatic N) is 6. The summed E-state index contributed by atoms with van der Waals surface area (Å²) in [4.78, 5) is 29.7. The summed E-state index contributed by atoms with van der Waals surface area (Å²) in [6, 6.07) is 11.2. The number of benzene rings is 1. The number of hydrogen-bond acceptors (Lipinski definition) is 8. The van der Waals surface area contributed by atoms with Gasteiger partial charge in [0.2, 0.25) is 5.95 Å². The highest BCUT2D eigenvalue weighted by Gasteiger charge is 2.32. The van der Waals surface area contributed by atoms with Crippen molar-refractivity contribution >= 4 is 23.1 Å². The summed E-state index contributed by atoms with van der Waals surface area (Å²) in [5, 5.41) is 20.2. The predicted octanol–water partition coefficient (Wildman–Crippen LogP) is 5.36. The molecule has 6 rings (SSSR count). The Morgan fingerprint density at radius 2 is 1.88 bits per heavy atom. The number of hydrogen-bond donors (Lipinski definition) is 2. The van der Waals surface area contributed by atoms with Crippen LogP contribution >= 0.6 is 0 Å². The van der Waals surface area contributed by atoms with Crippen molar-refractivity contribution in [3.05, 3.63) is 59.5 Å². The highest BCUT2D eigenvalue weighted by Crippen LogP contribution is 2.38. The van der Waals surface area contributed by atoms with Crippen LogP contribution in [0, 0.1) is 0 Å². The number of aromatic amines is 1. The predicted molar refractivity (Wildman–Crippen MR) is 152 cm³/mol. The number of carbonyl (C=O) groups is 1. The van der Waals surface area contributed by atoms with Gasteiger partial charge in [-0.1, -0.05) is 12.1 Å². The Bertz CT molecular complexity index is 1550. The molecule has 2 aliphatic rings. The van der Waals surface area contributed by atoms with E-state index >= 15 is 0 Å². The van der Waals surface area contributed by atoms with Crippen LogP contribution in [-0.4, -0.2) is 66.5 Å². The number of ether oxygens (including phenoxy) is 1. The third-order valence-corrected chi connectivity index (χ3v) is 7.83. The van der Waals surface area contributed by atoms with E-state index in [0.717, 1.165) is 53.8 Å². The average Bonchev–Trinajstić information content (AvgIpc) is 3.31. The summed E-state index contributed by atoms with van der Waals surface area (Å²) in [6.07, 6.45) is 4.08. The van der Waals surface area contributed by atoms with E-state index < -0.39 is 5.60 Å². The number of para-hydroxylation sites is 1. The monoisotopic (exact) mass is 541 g/mol. The normalized spacial score (nSPS) is 18.1. The van der Waals surface area contributed by atoms with Crippen molar-refractivity contribution in [3.63, 3.8) is 0 Å². The van der Waals surface area contributed by atoms with E-state index in [-0.39, 0.29) is 23.8 Å². The second kappa shape index (κ2) is 10.1. The molecule has 0 spiro atoms. The first-order valence-electron chi connectivity index (χ1n) is 13.9. The molecule has 1 aromatic carbocycles. The van der Waals surface area contributed by atoms with Crippen LogP contribution in [0.1, 0.15) is 69.4 Å². The zero-order chi connectivity index (χ0) is 28.0. The standard InChI is InChI=1S/C30H35N7O3/c1-18-26-21-17-24(20-7-5-6-8-25(20)38)34-35-27(21)32-23(26)12-16-37(18)28-31-13-9-22(33-28)19-10-14-36(15-11-19)29(39)40-30(2,3)4/h5-9,13,17-19,38H,10-12,14-16H2,1-4H3,(H,32,35). The lowest BCUT2D eigenvalue weighted by Gasteiger charge is -2.35. The number of phenolic OH excluding ortho intramolecular Hbond substituents is 1. The summed E-state index contributed by atoms with van der Waals surface area (Å²) in [7, 11) is 0. The molecule has 1 saturated heterocycles. The third-order valence-electron chi connectivity index (χ3n) is 7.83. The Labute approximate surface area is 233 Å². The van der Waals surface area contributed by atoms with Gasteiger partial charge in [-0.3, -0.25) is 0 Å². The van der Waals surface area contributed by atoms with Crippen LogP contribution in [0.3, 0.4) is 0 Å². The Kier molecular flexibility index (Phi) is 6.56. The first-order valence-corrected chi connectivity index (χ1v) is 13.9. The molecule has 3 aromatic heterocycles. The number of nitrogens with one attached hydrogen (secondary N) is 1. The van der Waals surface area contributed by atoms with Crippen molar-refractivity contribution in [1.29, 1.82) is 0 Å². The number of piperidine rings is 1. The molecule has 2 aliphatic heterocycles. The number of aromatic nitrogens is 5. The van der Waals surface area contributed by atoms with Crippen molar-refractivity contribution in [2.45, 2.75) is 64.5 Å². The smallest absolute Gasteiger partial charge is 0.410 e. The van der Waals surface area contributed by atoms with Crippen LogP contribution in [0.15, 0.2) is 42.6 Å². The minimum atomic E-state index is -0.497. The number of rotatable bonds is 3. The van der Waals surface area contributed by atoms with Crippen molar-refractivity contribution in [3.8, 4) is 17.0 Å². The molecule has 1 atom stereocenters. The molecule has 1 amide bonds. The molecule has 4 aromatic rings. The van der Waals surface area contributed by atoms with E-state index in [9.17, 15) is 9.90 Å². The number of fused-ring (bicyclic) bond motifs is 3. The first kappa shape index (κ1) is 26.0. The summed E-state index contributed by atoms with van der Waals surface area (Å²) >= 11 is 0. The van der Waals surface area contributed by atoms with Gasteiger partial charge in [-0.2, -0.15) is 0 Å². The van der Waals surface area contributed by atoms with Crippen LogP contribution in [-0.2, 0) is 11.2 Å². The minimum absolute atomic E-state index is 0.0168. The second-order valence-corrected chi connectivity index (χ2v) is 11.7. The second-order valence-electron chi connectivity index (χ2n) is 11.7. The number of phenols is 1. The van der Waals surface area contributed by atoms with Crippen LogP contribution in [0.2, 0.25) is 0 Å². The summed E-state index contributed by atoms with van der Waals surface area (Å²) in [5.41, 5.74) is 4.85. The summed E-state index contributed by atoms with van der Waals surface area (Å²) in [6.45, 7) is 9.92. The molecule has 208 valence electrons. The Morgan fingerprint density at radius 3 is 2.62 bits per heavy atom. The van der Waals surface area contributed by atoms with Gasteiger partial charge in [0, 0.05) is 66.1 Å². The maximum atomic E-state index is 12.5. The molecule has 40 heavy (non-hydrogen) atoms. The van der Waals surface area contributed by atoms with E-state index in [0.29, 0.717) is 30.3 Å². The van der Waals surface area contributed by atoms with Crippen molar-refractivity contribution < 1.29 is 14.6 Å². The van der Waals surface area contributed by atoms with Crippen LogP contribution in [0.5, 0.6) is 5.75 Å². The molecule has 0 saturated carbocycles. The molecule has 0 aliphatic carbocycles. The van der Waals surface area contributed by atoms with Gasteiger partial charge in [0.25, 0.3) is 0 Å². The van der Waals surface area contributed by atoms with Crippen molar-refractivity contribution in [1.82, 2.24) is 30.0 Å². The van der Waals surface area contributed by atoms with Crippen molar-refractivity contribution in [2.75, 3.05) is 24.5 Å². The number of H-pyrrole nitrogens is 1. The molecule has 5 heterocycles. The average molecular weight is 542 g/mol. The Morgan fingerprint density at radius 1 is 1.10 bits per heavy atom. The molecule has 1 unspecified atom stereocenters. The van der Waals surface area contributed by atoms with Crippen molar-refractivity contribution in [2.24, 2.45) is 0 Å². The van der Waals surface area contributed by atoms with Crippen LogP contribution in [0.25, 0.3) is 22.3 Å². The lowest BCUT2D eigenvalue weighted by Crippen LogP contribution is -2.41. The van der Waals surface area contributed by atoms with E-state index in [4.69, 9.17) is 9.72 Å². The van der Waals surface area contributed by atoms with Gasteiger partial charge in [-0.25, -0.2) is 14.8 Å². The fourth-order valence-electron chi connectivity index (χ4n) is 5.83. The van der Waals surface area contributed by atoms with Gasteiger partial charge in [0.15, 0.2) is 5.65 Å². The lowest BCUT2D eigenvalue weighted by molar-refractivity contribution is 0.0204. The first-order chi connectivity index (χ1) is 19.2. The number of carbonyl (C=O) groups excluding carboxylic acids is 1. The molecule has 10 nitrogen and oxygen atoms in total. The third kappa shape index (κ3) is 4.94.